The molecule has 1 heterocycles. The van der Waals surface area contributed by atoms with Crippen molar-refractivity contribution in [3.8, 4) is 16.8 Å². The molecule has 0 bridgehead atoms. The Balaban J connectivity index is 2.18. The van der Waals surface area contributed by atoms with E-state index in [0.29, 0.717) is 11.3 Å². The van der Waals surface area contributed by atoms with Crippen LogP contribution in [0.15, 0.2) is 76.6 Å². The number of hydrogen-bond acceptors (Lipinski definition) is 4. The highest BCUT2D eigenvalue weighted by Gasteiger charge is 2.11. The van der Waals surface area contributed by atoms with Gasteiger partial charge in [-0.1, -0.05) is 36.4 Å². The highest BCUT2D eigenvalue weighted by molar-refractivity contribution is 7.90. The van der Waals surface area contributed by atoms with Crippen molar-refractivity contribution in [2.75, 3.05) is 6.26 Å². The predicted molar refractivity (Wildman–Crippen MR) is 88.4 cm³/mol. The van der Waals surface area contributed by atoms with E-state index in [4.69, 9.17) is 0 Å². The minimum Gasteiger partial charge on any atom is -0.267 e. The zero-order valence-electron chi connectivity index (χ0n) is 12.4. The molecule has 0 saturated carbocycles. The summed E-state index contributed by atoms with van der Waals surface area (Å²) in [6.07, 6.45) is 2.65. The molecule has 0 N–H and O–H groups in total. The van der Waals surface area contributed by atoms with Gasteiger partial charge in [-0.2, -0.15) is 9.78 Å². The second-order valence-corrected chi connectivity index (χ2v) is 7.11. The van der Waals surface area contributed by atoms with Crippen molar-refractivity contribution in [1.29, 1.82) is 0 Å². The third kappa shape index (κ3) is 3.07. The minimum absolute atomic E-state index is 0.147. The summed E-state index contributed by atoms with van der Waals surface area (Å²) in [6.45, 7) is 0. The van der Waals surface area contributed by atoms with E-state index in [2.05, 4.69) is 5.10 Å². The highest BCUT2D eigenvalue weighted by atomic mass is 32.2. The first-order chi connectivity index (χ1) is 11.0. The maximum atomic E-state index is 12.7. The summed E-state index contributed by atoms with van der Waals surface area (Å²) in [5.41, 5.74) is 1.40. The van der Waals surface area contributed by atoms with E-state index in [-0.39, 0.29) is 10.5 Å². The molecule has 0 saturated heterocycles. The average Bonchev–Trinajstić information content (AvgIpc) is 2.55. The molecule has 0 aliphatic rings. The van der Waals surface area contributed by atoms with Gasteiger partial charge >= 0.3 is 0 Å². The van der Waals surface area contributed by atoms with E-state index in [0.717, 1.165) is 11.8 Å². The number of aromatic nitrogens is 2. The topological polar surface area (TPSA) is 69.0 Å². The molecule has 0 aliphatic heterocycles. The number of hydrogen-bond donors (Lipinski definition) is 0. The first-order valence-corrected chi connectivity index (χ1v) is 8.80. The molecule has 23 heavy (non-hydrogen) atoms. The van der Waals surface area contributed by atoms with Crippen LogP contribution >= 0.6 is 0 Å². The summed E-state index contributed by atoms with van der Waals surface area (Å²) >= 11 is 0. The Hall–Kier alpha value is -2.73. The molecule has 0 aliphatic carbocycles. The zero-order valence-corrected chi connectivity index (χ0v) is 13.2. The fourth-order valence-electron chi connectivity index (χ4n) is 2.28. The van der Waals surface area contributed by atoms with Gasteiger partial charge in [-0.3, -0.25) is 4.79 Å². The Bertz CT molecular complexity index is 1010. The van der Waals surface area contributed by atoms with Crippen LogP contribution < -0.4 is 5.56 Å². The molecule has 1 aromatic heterocycles. The first-order valence-electron chi connectivity index (χ1n) is 6.91. The van der Waals surface area contributed by atoms with Crippen molar-refractivity contribution in [3.63, 3.8) is 0 Å². The molecule has 0 atom stereocenters. The van der Waals surface area contributed by atoms with Gasteiger partial charge in [-0.05, 0) is 29.8 Å². The van der Waals surface area contributed by atoms with Gasteiger partial charge in [0.1, 0.15) is 0 Å². The van der Waals surface area contributed by atoms with Crippen LogP contribution in [0.2, 0.25) is 0 Å². The monoisotopic (exact) mass is 326 g/mol. The Morgan fingerprint density at radius 3 is 2.39 bits per heavy atom. The van der Waals surface area contributed by atoms with Gasteiger partial charge < -0.3 is 0 Å². The third-order valence-electron chi connectivity index (χ3n) is 3.42. The molecular weight excluding hydrogens is 312 g/mol. The second kappa shape index (κ2) is 5.81. The summed E-state index contributed by atoms with van der Waals surface area (Å²) < 4.78 is 24.6. The van der Waals surface area contributed by atoms with Crippen LogP contribution in [0, 0.1) is 0 Å². The number of benzene rings is 2. The fourth-order valence-corrected chi connectivity index (χ4v) is 2.94. The Labute approximate surface area is 133 Å². The van der Waals surface area contributed by atoms with E-state index in [9.17, 15) is 13.2 Å². The van der Waals surface area contributed by atoms with Gasteiger partial charge in [0.25, 0.3) is 5.56 Å². The van der Waals surface area contributed by atoms with E-state index in [1.165, 1.54) is 23.0 Å². The van der Waals surface area contributed by atoms with E-state index >= 15 is 0 Å². The smallest absolute Gasteiger partial charge is 0.267 e. The molecule has 3 rings (SSSR count). The molecule has 0 unspecified atom stereocenters. The van der Waals surface area contributed by atoms with Gasteiger partial charge in [-0.15, -0.1) is 0 Å². The largest absolute Gasteiger partial charge is 0.279 e. The Kier molecular flexibility index (Phi) is 3.83. The SMILES string of the molecule is CS(=O)(=O)c1cccc(-n2nccc(-c3ccccc3)c2=O)c1. The van der Waals surface area contributed by atoms with Gasteiger partial charge in [0.05, 0.1) is 16.1 Å². The van der Waals surface area contributed by atoms with Crippen LogP contribution in [0.3, 0.4) is 0 Å². The standard InChI is InChI=1S/C17H14N2O3S/c1-23(21,22)15-9-5-8-14(12-15)19-17(20)16(10-11-18-19)13-6-3-2-4-7-13/h2-12H,1H3. The van der Waals surface area contributed by atoms with Crippen molar-refractivity contribution in [2.24, 2.45) is 0 Å². The fraction of sp³-hybridized carbons (Fsp3) is 0.0588. The highest BCUT2D eigenvalue weighted by Crippen LogP contribution is 2.16. The third-order valence-corrected chi connectivity index (χ3v) is 4.53. The summed E-state index contributed by atoms with van der Waals surface area (Å²) in [7, 11) is -3.35. The van der Waals surface area contributed by atoms with Gasteiger partial charge in [0.15, 0.2) is 9.84 Å². The lowest BCUT2D eigenvalue weighted by molar-refractivity contribution is 0.601. The van der Waals surface area contributed by atoms with Gasteiger partial charge in [0.2, 0.25) is 0 Å². The maximum absolute atomic E-state index is 12.7. The van der Waals surface area contributed by atoms with Gasteiger partial charge in [0, 0.05) is 12.5 Å². The summed E-state index contributed by atoms with van der Waals surface area (Å²) in [4.78, 5) is 12.8. The molecule has 2 aromatic carbocycles. The molecule has 0 amide bonds. The summed E-state index contributed by atoms with van der Waals surface area (Å²) in [5, 5.41) is 4.07. The zero-order chi connectivity index (χ0) is 16.4. The molecular formula is C17H14N2O3S. The maximum Gasteiger partial charge on any atom is 0.279 e. The summed E-state index contributed by atoms with van der Waals surface area (Å²) in [6, 6.07) is 17.1. The molecule has 6 heteroatoms. The van der Waals surface area contributed by atoms with Crippen molar-refractivity contribution >= 4 is 9.84 Å². The van der Waals surface area contributed by atoms with Crippen molar-refractivity contribution < 1.29 is 8.42 Å². The number of nitrogens with zero attached hydrogens (tertiary/aromatic N) is 2. The van der Waals surface area contributed by atoms with Gasteiger partial charge in [-0.25, -0.2) is 8.42 Å². The van der Waals surface area contributed by atoms with Crippen molar-refractivity contribution in [2.45, 2.75) is 4.90 Å². The number of rotatable bonds is 3. The van der Waals surface area contributed by atoms with E-state index < -0.39 is 9.84 Å². The lowest BCUT2D eigenvalue weighted by Crippen LogP contribution is -2.22. The molecule has 0 fully saturated rings. The molecule has 0 spiro atoms. The lowest BCUT2D eigenvalue weighted by atomic mass is 10.1. The average molecular weight is 326 g/mol. The van der Waals surface area contributed by atoms with Crippen LogP contribution in [0.4, 0.5) is 0 Å². The number of sulfone groups is 1. The Morgan fingerprint density at radius 1 is 0.957 bits per heavy atom. The van der Waals surface area contributed by atoms with Crippen molar-refractivity contribution in [1.82, 2.24) is 9.78 Å². The van der Waals surface area contributed by atoms with E-state index in [1.54, 1.807) is 18.2 Å². The summed E-state index contributed by atoms with van der Waals surface area (Å²) in [5.74, 6) is 0. The molecule has 116 valence electrons. The molecule has 5 nitrogen and oxygen atoms in total. The first kappa shape index (κ1) is 15.2. The van der Waals surface area contributed by atoms with E-state index in [1.807, 2.05) is 30.3 Å². The van der Waals surface area contributed by atoms with Crippen LogP contribution in [-0.4, -0.2) is 24.5 Å². The minimum atomic E-state index is -3.35. The van der Waals surface area contributed by atoms with Crippen LogP contribution in [0.1, 0.15) is 0 Å². The second-order valence-electron chi connectivity index (χ2n) is 5.10. The normalized spacial score (nSPS) is 11.3. The quantitative estimate of drug-likeness (QED) is 0.740. The van der Waals surface area contributed by atoms with Crippen LogP contribution in [0.25, 0.3) is 16.8 Å². The van der Waals surface area contributed by atoms with Crippen LogP contribution in [0.5, 0.6) is 0 Å². The molecule has 3 aromatic rings. The Morgan fingerprint density at radius 2 is 1.70 bits per heavy atom. The molecule has 0 radical (unpaired) electrons. The van der Waals surface area contributed by atoms with Crippen molar-refractivity contribution in [3.05, 3.63) is 77.2 Å². The predicted octanol–water partition coefficient (Wildman–Crippen LogP) is 2.30. The van der Waals surface area contributed by atoms with Crippen LogP contribution in [-0.2, 0) is 9.84 Å². The lowest BCUT2D eigenvalue weighted by Gasteiger charge is -2.08.